The maximum absolute atomic E-state index is 13.0. The zero-order valence-electron chi connectivity index (χ0n) is 9.75. The molecule has 2 atom stereocenters. The van der Waals surface area contributed by atoms with E-state index in [0.717, 1.165) is 12.1 Å². The van der Waals surface area contributed by atoms with Crippen LogP contribution in [0.2, 0.25) is 0 Å². The summed E-state index contributed by atoms with van der Waals surface area (Å²) >= 11 is 0. The van der Waals surface area contributed by atoms with Gasteiger partial charge in [0.05, 0.1) is 11.0 Å². The maximum atomic E-state index is 13.0. The highest BCUT2D eigenvalue weighted by atomic mass is 19.1. The number of nitrogens with zero attached hydrogens (tertiary/aromatic N) is 1. The number of halogens is 2. The number of nitro benzene ring substituents is 1. The predicted molar refractivity (Wildman–Crippen MR) is 61.3 cm³/mol. The zero-order valence-corrected chi connectivity index (χ0v) is 9.75. The summed E-state index contributed by atoms with van der Waals surface area (Å²) in [5, 5.41) is 20.5. The second-order valence-corrected chi connectivity index (χ2v) is 4.38. The minimum atomic E-state index is -2.05. The molecule has 1 aliphatic heterocycles. The molecule has 2 unspecified atom stereocenters. The summed E-state index contributed by atoms with van der Waals surface area (Å²) in [6.45, 7) is -2.51. The van der Waals surface area contributed by atoms with Crippen molar-refractivity contribution in [1.29, 1.82) is 0 Å². The molecule has 0 spiro atoms. The molecule has 1 heterocycles. The van der Waals surface area contributed by atoms with Gasteiger partial charge in [0.1, 0.15) is 25.2 Å². The smallest absolute Gasteiger partial charge is 0.270 e. The fourth-order valence-corrected chi connectivity index (χ4v) is 2.03. The molecule has 19 heavy (non-hydrogen) atoms. The van der Waals surface area contributed by atoms with E-state index in [2.05, 4.69) is 0 Å². The van der Waals surface area contributed by atoms with Crippen molar-refractivity contribution in [3.05, 3.63) is 33.9 Å². The molecule has 0 fully saturated rings. The minimum absolute atomic E-state index is 0.0405. The van der Waals surface area contributed by atoms with Crippen molar-refractivity contribution in [1.82, 2.24) is 0 Å². The van der Waals surface area contributed by atoms with Crippen LogP contribution in [0.4, 0.5) is 14.5 Å². The van der Waals surface area contributed by atoms with Gasteiger partial charge in [-0.1, -0.05) is 0 Å². The Balaban J connectivity index is 2.49. The quantitative estimate of drug-likeness (QED) is 0.633. The number of hydrogen-bond donors (Lipinski definition) is 2. The number of hydrogen-bond acceptors (Lipinski definition) is 5. The van der Waals surface area contributed by atoms with Crippen molar-refractivity contribution in [2.45, 2.75) is 17.7 Å². The summed E-state index contributed by atoms with van der Waals surface area (Å²) < 4.78 is 31.1. The first-order chi connectivity index (χ1) is 8.95. The Bertz CT molecular complexity index is 507. The first kappa shape index (κ1) is 13.6. The van der Waals surface area contributed by atoms with Crippen molar-refractivity contribution in [3.8, 4) is 5.75 Å². The molecule has 0 amide bonds. The number of fused-ring (bicyclic) bond motifs is 1. The van der Waals surface area contributed by atoms with Crippen molar-refractivity contribution in [2.75, 3.05) is 13.3 Å². The maximum Gasteiger partial charge on any atom is 0.270 e. The summed E-state index contributed by atoms with van der Waals surface area (Å²) in [4.78, 5) is 10.0. The van der Waals surface area contributed by atoms with Crippen LogP contribution in [-0.2, 0) is 0 Å². The Morgan fingerprint density at radius 3 is 2.63 bits per heavy atom. The summed E-state index contributed by atoms with van der Waals surface area (Å²) in [5.74, 6) is 0.0405. The third-order valence-corrected chi connectivity index (χ3v) is 3.21. The zero-order chi connectivity index (χ0) is 14.2. The summed E-state index contributed by atoms with van der Waals surface area (Å²) in [5.41, 5.74) is 3.56. The highest BCUT2D eigenvalue weighted by Crippen LogP contribution is 2.40. The van der Waals surface area contributed by atoms with E-state index in [9.17, 15) is 24.0 Å². The van der Waals surface area contributed by atoms with E-state index < -0.39 is 36.0 Å². The Morgan fingerprint density at radius 2 is 2.11 bits per heavy atom. The molecular formula is C11H12F2N2O4. The average Bonchev–Trinajstić information content (AvgIpc) is 2.42. The lowest BCUT2D eigenvalue weighted by atomic mass is 9.86. The van der Waals surface area contributed by atoms with Crippen LogP contribution in [0.15, 0.2) is 18.2 Å². The Kier molecular flexibility index (Phi) is 3.38. The molecule has 0 saturated heterocycles. The van der Waals surface area contributed by atoms with Gasteiger partial charge in [0.25, 0.3) is 5.69 Å². The molecule has 1 aromatic rings. The Hall–Kier alpha value is -1.80. The number of non-ortho nitro benzene ring substituents is 1. The van der Waals surface area contributed by atoms with E-state index in [-0.39, 0.29) is 17.0 Å². The number of ether oxygens (including phenoxy) is 1. The molecule has 3 N–H and O–H groups in total. The van der Waals surface area contributed by atoms with Gasteiger partial charge in [0, 0.05) is 17.7 Å². The summed E-state index contributed by atoms with van der Waals surface area (Å²) in [6.07, 6.45) is -1.63. The predicted octanol–water partition coefficient (Wildman–Crippen LogP) is 1.03. The molecule has 104 valence electrons. The van der Waals surface area contributed by atoms with Gasteiger partial charge in [-0.05, 0) is 6.07 Å². The van der Waals surface area contributed by atoms with Crippen LogP contribution in [0.5, 0.6) is 5.75 Å². The minimum Gasteiger partial charge on any atom is -0.479 e. The van der Waals surface area contributed by atoms with Crippen molar-refractivity contribution in [3.63, 3.8) is 0 Å². The van der Waals surface area contributed by atoms with E-state index in [1.54, 1.807) is 0 Å². The van der Waals surface area contributed by atoms with Crippen molar-refractivity contribution < 1.29 is 23.5 Å². The van der Waals surface area contributed by atoms with E-state index in [4.69, 9.17) is 10.5 Å². The molecule has 8 heteroatoms. The Labute approximate surface area is 106 Å². The average molecular weight is 274 g/mol. The third kappa shape index (κ3) is 2.02. The van der Waals surface area contributed by atoms with Gasteiger partial charge in [0.2, 0.25) is 0 Å². The number of nitrogens with two attached hydrogens (primary N) is 1. The molecule has 0 radical (unpaired) electrons. The van der Waals surface area contributed by atoms with Gasteiger partial charge in [-0.15, -0.1) is 0 Å². The third-order valence-electron chi connectivity index (χ3n) is 3.21. The van der Waals surface area contributed by atoms with Gasteiger partial charge in [-0.3, -0.25) is 10.1 Å². The molecule has 0 saturated carbocycles. The Morgan fingerprint density at radius 1 is 1.47 bits per heavy atom. The molecule has 1 aliphatic rings. The number of benzene rings is 1. The largest absolute Gasteiger partial charge is 0.479 e. The number of nitro groups is 1. The summed E-state index contributed by atoms with van der Waals surface area (Å²) in [7, 11) is 0. The van der Waals surface area contributed by atoms with Crippen LogP contribution in [0.3, 0.4) is 0 Å². The van der Waals surface area contributed by atoms with Crippen LogP contribution < -0.4 is 10.5 Å². The van der Waals surface area contributed by atoms with Gasteiger partial charge in [0.15, 0.2) is 5.60 Å². The fraction of sp³-hybridized carbons (Fsp3) is 0.455. The van der Waals surface area contributed by atoms with E-state index in [0.29, 0.717) is 0 Å². The van der Waals surface area contributed by atoms with Crippen molar-refractivity contribution in [2.24, 2.45) is 5.73 Å². The number of rotatable bonds is 3. The molecule has 0 bridgehead atoms. The molecule has 6 nitrogen and oxygen atoms in total. The highest BCUT2D eigenvalue weighted by molar-refractivity contribution is 5.48. The van der Waals surface area contributed by atoms with Gasteiger partial charge >= 0.3 is 0 Å². The topological polar surface area (TPSA) is 98.6 Å². The molecular weight excluding hydrogens is 262 g/mol. The normalized spacial score (nSPS) is 24.4. The van der Waals surface area contributed by atoms with Crippen LogP contribution in [0.25, 0.3) is 0 Å². The fourth-order valence-electron chi connectivity index (χ4n) is 2.03. The van der Waals surface area contributed by atoms with Gasteiger partial charge in [-0.2, -0.15) is 0 Å². The first-order valence-corrected chi connectivity index (χ1v) is 5.48. The first-order valence-electron chi connectivity index (χ1n) is 5.48. The van der Waals surface area contributed by atoms with Gasteiger partial charge < -0.3 is 15.6 Å². The summed E-state index contributed by atoms with van der Waals surface area (Å²) in [6, 6.07) is 2.34. The van der Waals surface area contributed by atoms with Crippen LogP contribution in [0, 0.1) is 10.1 Å². The molecule has 0 aliphatic carbocycles. The van der Waals surface area contributed by atoms with Crippen molar-refractivity contribution >= 4 is 5.69 Å². The molecule has 2 rings (SSSR count). The number of alkyl halides is 2. The monoisotopic (exact) mass is 274 g/mol. The second-order valence-electron chi connectivity index (χ2n) is 4.38. The van der Waals surface area contributed by atoms with Crippen LogP contribution >= 0.6 is 0 Å². The van der Waals surface area contributed by atoms with Crippen LogP contribution in [0.1, 0.15) is 11.6 Å². The van der Waals surface area contributed by atoms with E-state index in [1.807, 2.05) is 0 Å². The lowest BCUT2D eigenvalue weighted by Crippen LogP contribution is -2.58. The molecule has 1 aromatic carbocycles. The SMILES string of the molecule is NC1c2cc([N+](=O)[O-])ccc2OC(CF)(CF)C1O. The highest BCUT2D eigenvalue weighted by Gasteiger charge is 2.49. The van der Waals surface area contributed by atoms with Crippen LogP contribution in [-0.4, -0.2) is 35.1 Å². The second kappa shape index (κ2) is 4.71. The lowest BCUT2D eigenvalue weighted by Gasteiger charge is -2.41. The van der Waals surface area contributed by atoms with E-state index >= 15 is 0 Å². The standard InChI is InChI=1S/C11H12F2N2O4/c12-4-11(5-13)10(16)9(14)7-3-6(15(17)18)1-2-8(7)19-11/h1-3,9-10,16H,4-5,14H2. The lowest BCUT2D eigenvalue weighted by molar-refractivity contribution is -0.385. The number of aliphatic hydroxyl groups excluding tert-OH is 1. The van der Waals surface area contributed by atoms with E-state index in [1.165, 1.54) is 6.07 Å². The number of aliphatic hydroxyl groups is 1. The molecule has 0 aromatic heterocycles. The van der Waals surface area contributed by atoms with Gasteiger partial charge in [-0.25, -0.2) is 8.78 Å².